The molecule has 0 saturated carbocycles. The molecule has 0 spiro atoms. The lowest BCUT2D eigenvalue weighted by molar-refractivity contribution is -0.125. The van der Waals surface area contributed by atoms with Crippen LogP contribution >= 0.6 is 0 Å². The summed E-state index contributed by atoms with van der Waals surface area (Å²) in [5.41, 5.74) is 2.40. The molecule has 2 heterocycles. The van der Waals surface area contributed by atoms with Gasteiger partial charge >= 0.3 is 0 Å². The number of hydrogen-bond acceptors (Lipinski definition) is 5. The molecule has 2 aliphatic heterocycles. The number of nitrogens with one attached hydrogen (secondary N) is 1. The molecular formula is C23H26N2O5S. The first kappa shape index (κ1) is 20.3. The van der Waals surface area contributed by atoms with Crippen molar-refractivity contribution in [3.05, 3.63) is 53.6 Å². The van der Waals surface area contributed by atoms with Crippen molar-refractivity contribution in [3.63, 3.8) is 0 Å². The van der Waals surface area contributed by atoms with Gasteiger partial charge in [-0.15, -0.1) is 0 Å². The molecule has 2 aromatic carbocycles. The van der Waals surface area contributed by atoms with Crippen LogP contribution < -0.4 is 14.8 Å². The second-order valence-corrected chi connectivity index (χ2v) is 10.1. The Kier molecular flexibility index (Phi) is 5.35. The topological polar surface area (TPSA) is 84.9 Å². The maximum Gasteiger partial charge on any atom is 0.243 e. The molecule has 0 radical (unpaired) electrons. The molecule has 1 saturated heterocycles. The highest BCUT2D eigenvalue weighted by Gasteiger charge is 2.40. The standard InChI is InChI=1S/C23H26N2O5S/c26-23(24-19-8-3-6-16-5-1-2-7-18(16)19)20-9-4-12-25(20)31(27,28)17-10-11-21-22(15-17)30-14-13-29-21/h1-2,5,7,10-11,15,19-20H,3-4,6,8-9,12-14H2,(H,24,26)/t19-,20+/m0/s1. The smallest absolute Gasteiger partial charge is 0.243 e. The molecule has 8 heteroatoms. The summed E-state index contributed by atoms with van der Waals surface area (Å²) in [4.78, 5) is 13.3. The molecular weight excluding hydrogens is 416 g/mol. The average molecular weight is 443 g/mol. The summed E-state index contributed by atoms with van der Waals surface area (Å²) in [6, 6.07) is 12.0. The Hall–Kier alpha value is -2.58. The van der Waals surface area contributed by atoms with Crippen LogP contribution in [0.1, 0.15) is 42.9 Å². The first-order valence-corrected chi connectivity index (χ1v) is 12.3. The molecule has 2 atom stereocenters. The second-order valence-electron chi connectivity index (χ2n) is 8.23. The van der Waals surface area contributed by atoms with Gasteiger partial charge < -0.3 is 14.8 Å². The van der Waals surface area contributed by atoms with Gasteiger partial charge in [-0.3, -0.25) is 4.79 Å². The van der Waals surface area contributed by atoms with Crippen LogP contribution in [0.3, 0.4) is 0 Å². The van der Waals surface area contributed by atoms with E-state index in [1.165, 1.54) is 22.0 Å². The normalized spacial score (nSPS) is 23.2. The van der Waals surface area contributed by atoms with Crippen molar-refractivity contribution in [1.82, 2.24) is 9.62 Å². The monoisotopic (exact) mass is 442 g/mol. The molecule has 1 fully saturated rings. The fourth-order valence-electron chi connectivity index (χ4n) is 4.78. The molecule has 0 aromatic heterocycles. The molecule has 31 heavy (non-hydrogen) atoms. The fourth-order valence-corrected chi connectivity index (χ4v) is 6.45. The molecule has 7 nitrogen and oxygen atoms in total. The lowest BCUT2D eigenvalue weighted by atomic mass is 9.87. The predicted molar refractivity (Wildman–Crippen MR) is 115 cm³/mol. The third kappa shape index (κ3) is 3.78. The van der Waals surface area contributed by atoms with Crippen LogP contribution in [0.4, 0.5) is 0 Å². The van der Waals surface area contributed by atoms with Crippen molar-refractivity contribution in [2.24, 2.45) is 0 Å². The average Bonchev–Trinajstić information content (AvgIpc) is 3.30. The molecule has 1 N–H and O–H groups in total. The molecule has 1 amide bonds. The van der Waals surface area contributed by atoms with Gasteiger partial charge in [-0.25, -0.2) is 8.42 Å². The zero-order valence-electron chi connectivity index (χ0n) is 17.2. The van der Waals surface area contributed by atoms with Crippen molar-refractivity contribution in [2.45, 2.75) is 49.1 Å². The van der Waals surface area contributed by atoms with Crippen LogP contribution in [0.25, 0.3) is 0 Å². The molecule has 0 bridgehead atoms. The maximum atomic E-state index is 13.4. The van der Waals surface area contributed by atoms with Crippen molar-refractivity contribution >= 4 is 15.9 Å². The van der Waals surface area contributed by atoms with Gasteiger partial charge in [0, 0.05) is 12.6 Å². The van der Waals surface area contributed by atoms with Gasteiger partial charge in [0.15, 0.2) is 11.5 Å². The zero-order chi connectivity index (χ0) is 21.4. The van der Waals surface area contributed by atoms with E-state index in [1.54, 1.807) is 6.07 Å². The van der Waals surface area contributed by atoms with E-state index in [4.69, 9.17) is 9.47 Å². The highest BCUT2D eigenvalue weighted by atomic mass is 32.2. The summed E-state index contributed by atoms with van der Waals surface area (Å²) in [6.07, 6.45) is 4.06. The minimum atomic E-state index is -3.83. The number of hydrogen-bond donors (Lipinski definition) is 1. The maximum absolute atomic E-state index is 13.4. The van der Waals surface area contributed by atoms with Gasteiger partial charge in [-0.1, -0.05) is 24.3 Å². The Bertz CT molecular complexity index is 1100. The molecule has 5 rings (SSSR count). The fraction of sp³-hybridized carbons (Fsp3) is 0.435. The van der Waals surface area contributed by atoms with Crippen LogP contribution in [0.5, 0.6) is 11.5 Å². The van der Waals surface area contributed by atoms with Crippen molar-refractivity contribution in [1.29, 1.82) is 0 Å². The van der Waals surface area contributed by atoms with Gasteiger partial charge in [-0.05, 0) is 55.4 Å². The Labute approximate surface area is 182 Å². The van der Waals surface area contributed by atoms with E-state index in [0.717, 1.165) is 24.8 Å². The summed E-state index contributed by atoms with van der Waals surface area (Å²) in [6.45, 7) is 1.15. The van der Waals surface area contributed by atoms with Crippen LogP contribution in [-0.2, 0) is 21.2 Å². The molecule has 1 aliphatic carbocycles. The minimum Gasteiger partial charge on any atom is -0.486 e. The van der Waals surface area contributed by atoms with E-state index < -0.39 is 16.1 Å². The number of nitrogens with zero attached hydrogens (tertiary/aromatic N) is 1. The molecule has 164 valence electrons. The van der Waals surface area contributed by atoms with Crippen LogP contribution in [0.15, 0.2) is 47.4 Å². The molecule has 3 aliphatic rings. The van der Waals surface area contributed by atoms with E-state index >= 15 is 0 Å². The summed E-state index contributed by atoms with van der Waals surface area (Å²) < 4.78 is 39.1. The summed E-state index contributed by atoms with van der Waals surface area (Å²) in [7, 11) is -3.83. The Morgan fingerprint density at radius 1 is 1.00 bits per heavy atom. The third-order valence-electron chi connectivity index (χ3n) is 6.31. The highest BCUT2D eigenvalue weighted by Crippen LogP contribution is 2.35. The Morgan fingerprint density at radius 3 is 2.68 bits per heavy atom. The lowest BCUT2D eigenvalue weighted by Crippen LogP contribution is -2.47. The number of ether oxygens (including phenoxy) is 2. The quantitative estimate of drug-likeness (QED) is 0.787. The SMILES string of the molecule is O=C(N[C@H]1CCCc2ccccc21)[C@H]1CCCN1S(=O)(=O)c1ccc2c(c1)OCCO2. The van der Waals surface area contributed by atoms with E-state index in [9.17, 15) is 13.2 Å². The number of benzene rings is 2. The van der Waals surface area contributed by atoms with E-state index in [1.807, 2.05) is 12.1 Å². The van der Waals surface area contributed by atoms with Gasteiger partial charge in [0.1, 0.15) is 19.3 Å². The number of fused-ring (bicyclic) bond motifs is 2. The number of carbonyl (C=O) groups excluding carboxylic acids is 1. The molecule has 0 unspecified atom stereocenters. The van der Waals surface area contributed by atoms with Crippen molar-refractivity contribution < 1.29 is 22.7 Å². The lowest BCUT2D eigenvalue weighted by Gasteiger charge is -2.29. The Morgan fingerprint density at radius 2 is 1.81 bits per heavy atom. The molecule has 2 aromatic rings. The van der Waals surface area contributed by atoms with Crippen molar-refractivity contribution in [3.8, 4) is 11.5 Å². The first-order valence-electron chi connectivity index (χ1n) is 10.8. The first-order chi connectivity index (χ1) is 15.0. The summed E-state index contributed by atoms with van der Waals surface area (Å²) in [5.74, 6) is 0.739. The van der Waals surface area contributed by atoms with Gasteiger partial charge in [0.25, 0.3) is 0 Å². The largest absolute Gasteiger partial charge is 0.486 e. The number of rotatable bonds is 4. The van der Waals surface area contributed by atoms with E-state index in [-0.39, 0.29) is 16.8 Å². The number of aryl methyl sites for hydroxylation is 1. The van der Waals surface area contributed by atoms with Gasteiger partial charge in [-0.2, -0.15) is 4.31 Å². The van der Waals surface area contributed by atoms with Crippen LogP contribution in [0.2, 0.25) is 0 Å². The van der Waals surface area contributed by atoms with Crippen LogP contribution in [-0.4, -0.2) is 44.4 Å². The van der Waals surface area contributed by atoms with Crippen molar-refractivity contribution in [2.75, 3.05) is 19.8 Å². The predicted octanol–water partition coefficient (Wildman–Crippen LogP) is 2.80. The zero-order valence-corrected chi connectivity index (χ0v) is 18.1. The number of carbonyl (C=O) groups is 1. The summed E-state index contributed by atoms with van der Waals surface area (Å²) in [5, 5.41) is 3.13. The van der Waals surface area contributed by atoms with Gasteiger partial charge in [0.05, 0.1) is 10.9 Å². The number of amides is 1. The summed E-state index contributed by atoms with van der Waals surface area (Å²) >= 11 is 0. The van der Waals surface area contributed by atoms with Gasteiger partial charge in [0.2, 0.25) is 15.9 Å². The highest BCUT2D eigenvalue weighted by molar-refractivity contribution is 7.89. The van der Waals surface area contributed by atoms with E-state index in [0.29, 0.717) is 44.1 Å². The van der Waals surface area contributed by atoms with Crippen LogP contribution in [0, 0.1) is 0 Å². The second kappa shape index (κ2) is 8.16. The third-order valence-corrected chi connectivity index (χ3v) is 8.22. The minimum absolute atomic E-state index is 0.0723. The Balaban J connectivity index is 1.36. The van der Waals surface area contributed by atoms with E-state index in [2.05, 4.69) is 17.4 Å². The number of sulfonamides is 1.